The molecule has 26 heavy (non-hydrogen) atoms. The number of nitrogens with one attached hydrogen (secondary N) is 1. The predicted molar refractivity (Wildman–Crippen MR) is 98.3 cm³/mol. The zero-order valence-corrected chi connectivity index (χ0v) is 14.9. The number of aromatic nitrogens is 4. The third-order valence-corrected chi connectivity index (χ3v) is 4.55. The van der Waals surface area contributed by atoms with E-state index in [0.29, 0.717) is 17.9 Å². The molecule has 1 fully saturated rings. The summed E-state index contributed by atoms with van der Waals surface area (Å²) < 4.78 is 5.71. The Labute approximate surface area is 151 Å². The van der Waals surface area contributed by atoms with Crippen LogP contribution in [0.25, 0.3) is 11.0 Å². The minimum atomic E-state index is -0.386. The number of nitrogens with zero attached hydrogens (tertiary/aromatic N) is 4. The lowest BCUT2D eigenvalue weighted by atomic mass is 10.1. The van der Waals surface area contributed by atoms with Crippen molar-refractivity contribution < 1.29 is 9.53 Å². The highest BCUT2D eigenvalue weighted by molar-refractivity contribution is 5.90. The van der Waals surface area contributed by atoms with E-state index in [0.717, 1.165) is 42.1 Å². The van der Waals surface area contributed by atoms with E-state index in [1.54, 1.807) is 12.3 Å². The molecule has 1 aliphatic rings. The number of hydrogen-bond acceptors (Lipinski definition) is 6. The van der Waals surface area contributed by atoms with Crippen molar-refractivity contribution >= 4 is 22.8 Å². The highest BCUT2D eigenvalue weighted by Crippen LogP contribution is 2.21. The van der Waals surface area contributed by atoms with Crippen LogP contribution in [0.15, 0.2) is 30.5 Å². The molecule has 4 heterocycles. The van der Waals surface area contributed by atoms with Gasteiger partial charge in [0.25, 0.3) is 0 Å². The zero-order valence-electron chi connectivity index (χ0n) is 14.9. The van der Waals surface area contributed by atoms with Crippen LogP contribution in [-0.2, 0) is 4.74 Å². The van der Waals surface area contributed by atoms with Crippen LogP contribution >= 0.6 is 0 Å². The summed E-state index contributed by atoms with van der Waals surface area (Å²) in [5, 5.41) is 0.972. The topological polar surface area (TPSA) is 84.0 Å². The van der Waals surface area contributed by atoms with E-state index in [2.05, 4.69) is 24.8 Å². The fraction of sp³-hybridized carbons (Fsp3) is 0.368. The number of hydrogen-bond donors (Lipinski definition) is 1. The summed E-state index contributed by atoms with van der Waals surface area (Å²) in [5.74, 6) is 1.26. The Hall–Kier alpha value is -2.96. The van der Waals surface area contributed by atoms with Crippen LogP contribution in [0, 0.1) is 13.8 Å². The normalized spacial score (nSPS) is 17.5. The number of carbonyl (C=O) groups is 1. The van der Waals surface area contributed by atoms with Gasteiger partial charge in [-0.25, -0.2) is 19.7 Å². The molecule has 0 radical (unpaired) electrons. The lowest BCUT2D eigenvalue weighted by molar-refractivity contribution is 0.0263. The number of anilines is 1. The fourth-order valence-corrected chi connectivity index (χ4v) is 3.36. The van der Waals surface area contributed by atoms with Gasteiger partial charge in [0.05, 0.1) is 6.54 Å². The van der Waals surface area contributed by atoms with Gasteiger partial charge in [0.1, 0.15) is 23.4 Å². The number of piperidine rings is 1. The van der Waals surface area contributed by atoms with Crippen LogP contribution in [0.3, 0.4) is 0 Å². The van der Waals surface area contributed by atoms with Crippen LogP contribution in [-0.4, -0.2) is 45.1 Å². The summed E-state index contributed by atoms with van der Waals surface area (Å²) in [5.41, 5.74) is 1.96. The fourth-order valence-electron chi connectivity index (χ4n) is 3.36. The molecule has 7 nitrogen and oxygen atoms in total. The Bertz CT molecular complexity index is 932. The number of fused-ring (bicyclic) bond motifs is 1. The molecule has 7 heteroatoms. The van der Waals surface area contributed by atoms with E-state index in [1.165, 1.54) is 0 Å². The molecule has 1 N–H and O–H groups in total. The Morgan fingerprint density at radius 1 is 1.23 bits per heavy atom. The summed E-state index contributed by atoms with van der Waals surface area (Å²) in [6.45, 7) is 5.38. The molecule has 1 atom stereocenters. The molecule has 4 rings (SSSR count). The van der Waals surface area contributed by atoms with E-state index in [1.807, 2.05) is 32.0 Å². The molecule has 3 aromatic rings. The first-order valence-electron chi connectivity index (χ1n) is 8.81. The number of ether oxygens (including phenoxy) is 1. The Morgan fingerprint density at radius 2 is 2.12 bits per heavy atom. The van der Waals surface area contributed by atoms with Crippen molar-refractivity contribution in [2.75, 3.05) is 18.0 Å². The maximum absolute atomic E-state index is 12.5. The van der Waals surface area contributed by atoms with Gasteiger partial charge in [0.15, 0.2) is 5.69 Å². The third-order valence-electron chi connectivity index (χ3n) is 4.55. The highest BCUT2D eigenvalue weighted by Gasteiger charge is 2.25. The van der Waals surface area contributed by atoms with Crippen LogP contribution in [0.4, 0.5) is 5.82 Å². The quantitative estimate of drug-likeness (QED) is 0.731. The van der Waals surface area contributed by atoms with E-state index in [4.69, 9.17) is 4.74 Å². The van der Waals surface area contributed by atoms with E-state index in [9.17, 15) is 4.79 Å². The number of rotatable bonds is 3. The smallest absolute Gasteiger partial charge is 0.357 e. The van der Waals surface area contributed by atoms with Crippen molar-refractivity contribution in [2.24, 2.45) is 0 Å². The Balaban J connectivity index is 1.46. The van der Waals surface area contributed by atoms with Gasteiger partial charge in [-0.15, -0.1) is 0 Å². The molecule has 0 aliphatic carbocycles. The average Bonchev–Trinajstić information content (AvgIpc) is 3.09. The molecule has 1 unspecified atom stereocenters. The van der Waals surface area contributed by atoms with Crippen molar-refractivity contribution in [1.82, 2.24) is 19.9 Å². The van der Waals surface area contributed by atoms with Gasteiger partial charge in [0, 0.05) is 29.9 Å². The highest BCUT2D eigenvalue weighted by atomic mass is 16.5. The molecule has 1 saturated heterocycles. The van der Waals surface area contributed by atoms with Gasteiger partial charge in [0.2, 0.25) is 0 Å². The largest absolute Gasteiger partial charge is 0.456 e. The number of esters is 1. The molecule has 0 amide bonds. The van der Waals surface area contributed by atoms with Gasteiger partial charge in [-0.05, 0) is 44.9 Å². The minimum absolute atomic E-state index is 0.173. The molecule has 134 valence electrons. The first kappa shape index (κ1) is 16.5. The van der Waals surface area contributed by atoms with Gasteiger partial charge >= 0.3 is 5.97 Å². The van der Waals surface area contributed by atoms with Crippen molar-refractivity contribution in [3.8, 4) is 0 Å². The van der Waals surface area contributed by atoms with Crippen LogP contribution in [0.2, 0.25) is 0 Å². The number of carbonyl (C=O) groups excluding carboxylic acids is 1. The molecule has 0 spiro atoms. The van der Waals surface area contributed by atoms with E-state index >= 15 is 0 Å². The zero-order chi connectivity index (χ0) is 18.1. The van der Waals surface area contributed by atoms with E-state index in [-0.39, 0.29) is 12.1 Å². The second-order valence-corrected chi connectivity index (χ2v) is 6.64. The third kappa shape index (κ3) is 3.37. The van der Waals surface area contributed by atoms with Crippen molar-refractivity contribution in [1.29, 1.82) is 0 Å². The molecular formula is C19H21N5O2. The van der Waals surface area contributed by atoms with Crippen molar-refractivity contribution in [3.63, 3.8) is 0 Å². The van der Waals surface area contributed by atoms with Gasteiger partial charge in [-0.2, -0.15) is 0 Å². The first-order chi connectivity index (χ1) is 12.6. The summed E-state index contributed by atoms with van der Waals surface area (Å²) in [7, 11) is 0. The van der Waals surface area contributed by atoms with Crippen molar-refractivity contribution in [3.05, 3.63) is 47.7 Å². The second-order valence-electron chi connectivity index (χ2n) is 6.64. The van der Waals surface area contributed by atoms with Gasteiger partial charge < -0.3 is 14.6 Å². The standard InChI is InChI=1S/C19H21N5O2/c1-12-10-17(22-13(2)21-12)24-9-3-4-15(11-24)26-19(25)16-6-5-14-7-8-20-18(14)23-16/h5-8,10,15H,3-4,9,11H2,1-2H3,(H,20,23). The summed E-state index contributed by atoms with van der Waals surface area (Å²) in [6.07, 6.45) is 3.42. The van der Waals surface area contributed by atoms with Crippen LogP contribution in [0.5, 0.6) is 0 Å². The summed E-state index contributed by atoms with van der Waals surface area (Å²) >= 11 is 0. The minimum Gasteiger partial charge on any atom is -0.456 e. The molecule has 0 bridgehead atoms. The molecule has 3 aromatic heterocycles. The average molecular weight is 351 g/mol. The van der Waals surface area contributed by atoms with E-state index < -0.39 is 0 Å². The van der Waals surface area contributed by atoms with Gasteiger partial charge in [-0.3, -0.25) is 0 Å². The predicted octanol–water partition coefficient (Wildman–Crippen LogP) is 2.80. The maximum atomic E-state index is 12.5. The number of aromatic amines is 1. The number of H-pyrrole nitrogens is 1. The summed E-state index contributed by atoms with van der Waals surface area (Å²) in [6, 6.07) is 7.46. The van der Waals surface area contributed by atoms with Crippen molar-refractivity contribution in [2.45, 2.75) is 32.8 Å². The summed E-state index contributed by atoms with van der Waals surface area (Å²) in [4.78, 5) is 30.8. The maximum Gasteiger partial charge on any atom is 0.357 e. The number of pyridine rings is 1. The molecule has 0 aromatic carbocycles. The second kappa shape index (κ2) is 6.74. The first-order valence-corrected chi connectivity index (χ1v) is 8.81. The lowest BCUT2D eigenvalue weighted by Gasteiger charge is -2.33. The molecule has 1 aliphatic heterocycles. The van der Waals surface area contributed by atoms with Gasteiger partial charge in [-0.1, -0.05) is 0 Å². The molecule has 0 saturated carbocycles. The van der Waals surface area contributed by atoms with Crippen LogP contribution < -0.4 is 4.90 Å². The van der Waals surface area contributed by atoms with Crippen LogP contribution in [0.1, 0.15) is 34.8 Å². The SMILES string of the molecule is Cc1cc(N2CCCC(OC(=O)c3ccc4cc[nH]c4n3)C2)nc(C)n1. The lowest BCUT2D eigenvalue weighted by Crippen LogP contribution is -2.41. The molecular weight excluding hydrogens is 330 g/mol. The Morgan fingerprint density at radius 3 is 2.96 bits per heavy atom. The monoisotopic (exact) mass is 351 g/mol. The number of aryl methyl sites for hydroxylation is 2. The Kier molecular flexibility index (Phi) is 4.28.